The Labute approximate surface area is 130 Å². The van der Waals surface area contributed by atoms with E-state index in [2.05, 4.69) is 31.0 Å². The first-order valence-corrected chi connectivity index (χ1v) is 8.21. The lowest BCUT2D eigenvalue weighted by atomic mass is 9.94. The number of hydrogen-bond acceptors (Lipinski definition) is 3. The van der Waals surface area contributed by atoms with Gasteiger partial charge >= 0.3 is 0 Å². The maximum Gasteiger partial charge on any atom is 0.118 e. The summed E-state index contributed by atoms with van der Waals surface area (Å²) in [6.45, 7) is 5.24. The zero-order valence-electron chi connectivity index (χ0n) is 14.0. The molecule has 0 aliphatic heterocycles. The molecule has 0 aliphatic carbocycles. The summed E-state index contributed by atoms with van der Waals surface area (Å²) in [5, 5.41) is 0. The lowest BCUT2D eigenvalue weighted by molar-refractivity contribution is 0.298. The van der Waals surface area contributed by atoms with Gasteiger partial charge in [-0.3, -0.25) is 0 Å². The second-order valence-corrected chi connectivity index (χ2v) is 5.96. The first-order chi connectivity index (χ1) is 10.2. The minimum absolute atomic E-state index is 0.814. The van der Waals surface area contributed by atoms with Gasteiger partial charge in [0.2, 0.25) is 0 Å². The van der Waals surface area contributed by atoms with Crippen LogP contribution in [0.5, 0.6) is 5.75 Å². The molecule has 3 heteroatoms. The molecular weight excluding hydrogens is 260 g/mol. The van der Waals surface area contributed by atoms with Crippen molar-refractivity contribution in [2.75, 3.05) is 27.2 Å². The molecule has 1 atom stereocenters. The number of rotatable bonds is 11. The van der Waals surface area contributed by atoms with Crippen molar-refractivity contribution < 1.29 is 4.74 Å². The van der Waals surface area contributed by atoms with E-state index in [4.69, 9.17) is 10.5 Å². The van der Waals surface area contributed by atoms with E-state index in [1.165, 1.54) is 37.7 Å². The highest BCUT2D eigenvalue weighted by molar-refractivity contribution is 5.26. The summed E-state index contributed by atoms with van der Waals surface area (Å²) >= 11 is 0. The predicted molar refractivity (Wildman–Crippen MR) is 90.6 cm³/mol. The van der Waals surface area contributed by atoms with Crippen LogP contribution in [-0.2, 0) is 6.54 Å². The van der Waals surface area contributed by atoms with Gasteiger partial charge in [-0.15, -0.1) is 0 Å². The molecule has 1 rings (SSSR count). The average molecular weight is 292 g/mol. The molecule has 120 valence electrons. The standard InChI is InChI=1S/C18H32N2O/c1-4-6-16(12-13-19)7-5-14-20(2)15-17-8-10-18(21-3)11-9-17/h8-11,16H,4-7,12-15,19H2,1-3H3. The van der Waals surface area contributed by atoms with Crippen LogP contribution < -0.4 is 10.5 Å². The topological polar surface area (TPSA) is 38.5 Å². The summed E-state index contributed by atoms with van der Waals surface area (Å²) in [4.78, 5) is 2.40. The van der Waals surface area contributed by atoms with Crippen LogP contribution in [0.2, 0.25) is 0 Å². The fraction of sp³-hybridized carbons (Fsp3) is 0.667. The molecule has 0 spiro atoms. The van der Waals surface area contributed by atoms with Gasteiger partial charge in [0.1, 0.15) is 5.75 Å². The summed E-state index contributed by atoms with van der Waals surface area (Å²) in [6, 6.07) is 8.34. The second-order valence-electron chi connectivity index (χ2n) is 5.96. The van der Waals surface area contributed by atoms with Crippen molar-refractivity contribution in [3.05, 3.63) is 29.8 Å². The van der Waals surface area contributed by atoms with Gasteiger partial charge in [0, 0.05) is 6.54 Å². The highest BCUT2D eigenvalue weighted by Crippen LogP contribution is 2.18. The van der Waals surface area contributed by atoms with Crippen molar-refractivity contribution in [2.45, 2.75) is 45.6 Å². The van der Waals surface area contributed by atoms with Crippen molar-refractivity contribution in [3.8, 4) is 5.75 Å². The minimum atomic E-state index is 0.814. The largest absolute Gasteiger partial charge is 0.497 e. The van der Waals surface area contributed by atoms with Crippen LogP contribution in [0.15, 0.2) is 24.3 Å². The molecule has 0 aliphatic rings. The van der Waals surface area contributed by atoms with Crippen LogP contribution in [0.25, 0.3) is 0 Å². The Morgan fingerprint density at radius 2 is 1.86 bits per heavy atom. The molecule has 0 aromatic heterocycles. The highest BCUT2D eigenvalue weighted by atomic mass is 16.5. The Kier molecular flexibility index (Phi) is 9.11. The molecule has 0 saturated carbocycles. The summed E-state index contributed by atoms with van der Waals surface area (Å²) < 4.78 is 5.19. The molecule has 1 aromatic carbocycles. The molecule has 0 radical (unpaired) electrons. The van der Waals surface area contributed by atoms with E-state index in [-0.39, 0.29) is 0 Å². The third-order valence-corrected chi connectivity index (χ3v) is 4.04. The van der Waals surface area contributed by atoms with E-state index < -0.39 is 0 Å². The van der Waals surface area contributed by atoms with E-state index in [1.807, 2.05) is 12.1 Å². The Balaban J connectivity index is 2.27. The number of nitrogens with zero attached hydrogens (tertiary/aromatic N) is 1. The number of hydrogen-bond donors (Lipinski definition) is 1. The van der Waals surface area contributed by atoms with E-state index in [0.717, 1.165) is 31.3 Å². The summed E-state index contributed by atoms with van der Waals surface area (Å²) in [5.74, 6) is 1.74. The van der Waals surface area contributed by atoms with Gasteiger partial charge < -0.3 is 15.4 Å². The van der Waals surface area contributed by atoms with Crippen LogP contribution in [0.4, 0.5) is 0 Å². The van der Waals surface area contributed by atoms with Crippen LogP contribution >= 0.6 is 0 Å². The van der Waals surface area contributed by atoms with Crippen LogP contribution in [0.3, 0.4) is 0 Å². The van der Waals surface area contributed by atoms with Crippen molar-refractivity contribution in [1.29, 1.82) is 0 Å². The average Bonchev–Trinajstić information content (AvgIpc) is 2.48. The van der Waals surface area contributed by atoms with Gasteiger partial charge in [0.25, 0.3) is 0 Å². The lowest BCUT2D eigenvalue weighted by Gasteiger charge is -2.19. The molecule has 1 aromatic rings. The highest BCUT2D eigenvalue weighted by Gasteiger charge is 2.08. The minimum Gasteiger partial charge on any atom is -0.497 e. The Morgan fingerprint density at radius 1 is 1.14 bits per heavy atom. The van der Waals surface area contributed by atoms with E-state index in [9.17, 15) is 0 Å². The number of benzene rings is 1. The zero-order valence-corrected chi connectivity index (χ0v) is 14.0. The smallest absolute Gasteiger partial charge is 0.118 e. The Hall–Kier alpha value is -1.06. The van der Waals surface area contributed by atoms with Crippen molar-refractivity contribution in [1.82, 2.24) is 4.90 Å². The molecule has 0 saturated heterocycles. The number of methoxy groups -OCH3 is 1. The molecule has 0 heterocycles. The molecule has 0 bridgehead atoms. The van der Waals surface area contributed by atoms with Gasteiger partial charge in [-0.25, -0.2) is 0 Å². The van der Waals surface area contributed by atoms with Gasteiger partial charge in [0.05, 0.1) is 7.11 Å². The van der Waals surface area contributed by atoms with E-state index >= 15 is 0 Å². The van der Waals surface area contributed by atoms with E-state index in [0.29, 0.717) is 0 Å². The van der Waals surface area contributed by atoms with Crippen LogP contribution in [-0.4, -0.2) is 32.1 Å². The quantitative estimate of drug-likeness (QED) is 0.676. The maximum absolute atomic E-state index is 5.70. The fourth-order valence-corrected chi connectivity index (χ4v) is 2.85. The first kappa shape index (κ1) is 18.0. The third-order valence-electron chi connectivity index (χ3n) is 4.04. The van der Waals surface area contributed by atoms with Crippen LogP contribution in [0.1, 0.15) is 44.6 Å². The molecule has 0 amide bonds. The second kappa shape index (κ2) is 10.6. The van der Waals surface area contributed by atoms with Crippen molar-refractivity contribution in [3.63, 3.8) is 0 Å². The maximum atomic E-state index is 5.70. The fourth-order valence-electron chi connectivity index (χ4n) is 2.85. The molecule has 21 heavy (non-hydrogen) atoms. The van der Waals surface area contributed by atoms with Gasteiger partial charge in [-0.05, 0) is 63.0 Å². The molecular formula is C18H32N2O. The van der Waals surface area contributed by atoms with Gasteiger partial charge in [0.15, 0.2) is 0 Å². The summed E-state index contributed by atoms with van der Waals surface area (Å²) in [5.41, 5.74) is 7.03. The number of ether oxygens (including phenoxy) is 1. The van der Waals surface area contributed by atoms with Gasteiger partial charge in [-0.2, -0.15) is 0 Å². The Morgan fingerprint density at radius 3 is 2.43 bits per heavy atom. The SMILES string of the molecule is CCCC(CCN)CCCN(C)Cc1ccc(OC)cc1. The van der Waals surface area contributed by atoms with Crippen molar-refractivity contribution >= 4 is 0 Å². The lowest BCUT2D eigenvalue weighted by Crippen LogP contribution is -2.20. The number of nitrogens with two attached hydrogens (primary N) is 1. The van der Waals surface area contributed by atoms with Crippen molar-refractivity contribution in [2.24, 2.45) is 11.7 Å². The normalized spacial score (nSPS) is 12.6. The summed E-state index contributed by atoms with van der Waals surface area (Å²) in [7, 11) is 3.90. The van der Waals surface area contributed by atoms with E-state index in [1.54, 1.807) is 7.11 Å². The summed E-state index contributed by atoms with van der Waals surface area (Å²) in [6.07, 6.45) is 6.33. The van der Waals surface area contributed by atoms with Crippen LogP contribution in [0, 0.1) is 5.92 Å². The monoisotopic (exact) mass is 292 g/mol. The molecule has 0 fully saturated rings. The molecule has 3 nitrogen and oxygen atoms in total. The first-order valence-electron chi connectivity index (χ1n) is 8.21. The third kappa shape index (κ3) is 7.49. The molecule has 2 N–H and O–H groups in total. The molecule has 1 unspecified atom stereocenters. The van der Waals surface area contributed by atoms with Gasteiger partial charge in [-0.1, -0.05) is 31.9 Å². The Bertz CT molecular complexity index is 358. The predicted octanol–water partition coefficient (Wildman–Crippen LogP) is 3.67. The zero-order chi connectivity index (χ0) is 15.5.